The molecule has 0 unspecified atom stereocenters. The van der Waals surface area contributed by atoms with Gasteiger partial charge in [-0.25, -0.2) is 0 Å². The first-order valence-corrected chi connectivity index (χ1v) is 9.99. The number of benzene rings is 2. The van der Waals surface area contributed by atoms with Crippen molar-refractivity contribution in [1.82, 2.24) is 4.98 Å². The van der Waals surface area contributed by atoms with Crippen LogP contribution in [0.2, 0.25) is 0 Å². The van der Waals surface area contributed by atoms with Crippen LogP contribution in [0.1, 0.15) is 5.56 Å². The molecular weight excluding hydrogens is 338 g/mol. The maximum absolute atomic E-state index is 3.63. The highest BCUT2D eigenvalue weighted by molar-refractivity contribution is 7.43. The highest BCUT2D eigenvalue weighted by atomic mass is 32.1. The van der Waals surface area contributed by atoms with Crippen molar-refractivity contribution < 1.29 is 0 Å². The van der Waals surface area contributed by atoms with E-state index in [0.29, 0.717) is 0 Å². The summed E-state index contributed by atoms with van der Waals surface area (Å²) in [6.07, 6.45) is 0. The van der Waals surface area contributed by atoms with E-state index >= 15 is 0 Å². The molecular formula is C19H11NS3. The van der Waals surface area contributed by atoms with Crippen molar-refractivity contribution in [2.24, 2.45) is 0 Å². The van der Waals surface area contributed by atoms with Crippen LogP contribution >= 0.6 is 34.0 Å². The lowest BCUT2D eigenvalue weighted by atomic mass is 10.2. The van der Waals surface area contributed by atoms with Gasteiger partial charge in [0.15, 0.2) is 0 Å². The van der Waals surface area contributed by atoms with Gasteiger partial charge in [0, 0.05) is 21.0 Å². The van der Waals surface area contributed by atoms with Crippen LogP contribution in [0.5, 0.6) is 0 Å². The molecule has 6 rings (SSSR count). The van der Waals surface area contributed by atoms with Crippen molar-refractivity contribution in [3.63, 3.8) is 0 Å². The number of aromatic amines is 1. The number of aromatic nitrogens is 1. The summed E-state index contributed by atoms with van der Waals surface area (Å²) in [7, 11) is 0. The molecule has 2 aromatic carbocycles. The molecule has 0 bridgehead atoms. The smallest absolute Gasteiger partial charge is 0.0756 e. The second kappa shape index (κ2) is 4.15. The maximum Gasteiger partial charge on any atom is 0.0756 e. The molecule has 6 aromatic rings. The minimum atomic E-state index is 1.24. The van der Waals surface area contributed by atoms with E-state index in [-0.39, 0.29) is 0 Å². The predicted molar refractivity (Wildman–Crippen MR) is 107 cm³/mol. The quantitative estimate of drug-likeness (QED) is 0.297. The number of thiophene rings is 3. The standard InChI is InChI=1S/C19H11NS3/c1-9-6-7-11-13(8-9)21-18-16(11)23-17-14-15(22-19(17)18)10-4-2-3-5-12(10)20-14/h2-8,20H,1H3. The number of H-pyrrole nitrogens is 1. The predicted octanol–water partition coefficient (Wildman–Crippen LogP) is 7.27. The van der Waals surface area contributed by atoms with Crippen LogP contribution in [0.3, 0.4) is 0 Å². The van der Waals surface area contributed by atoms with E-state index in [4.69, 9.17) is 0 Å². The van der Waals surface area contributed by atoms with Gasteiger partial charge in [0.25, 0.3) is 0 Å². The average molecular weight is 350 g/mol. The molecule has 4 aromatic heterocycles. The lowest BCUT2D eigenvalue weighted by molar-refractivity contribution is 1.52. The SMILES string of the molecule is Cc1ccc2c(c1)sc1c2sc2c3[nH]c4ccccc4c3sc21. The number of nitrogens with one attached hydrogen (secondary N) is 1. The van der Waals surface area contributed by atoms with Crippen LogP contribution in [-0.4, -0.2) is 4.98 Å². The fraction of sp³-hybridized carbons (Fsp3) is 0.0526. The Bertz CT molecular complexity index is 1370. The summed E-state index contributed by atoms with van der Waals surface area (Å²) in [5, 5.41) is 2.76. The highest BCUT2D eigenvalue weighted by Gasteiger charge is 2.18. The third kappa shape index (κ3) is 1.51. The number of aryl methyl sites for hydroxylation is 1. The van der Waals surface area contributed by atoms with Crippen LogP contribution < -0.4 is 0 Å². The second-order valence-electron chi connectivity index (χ2n) is 6.00. The van der Waals surface area contributed by atoms with Gasteiger partial charge in [-0.15, -0.1) is 34.0 Å². The van der Waals surface area contributed by atoms with Gasteiger partial charge in [0.05, 0.1) is 29.0 Å². The minimum Gasteiger partial charge on any atom is -0.353 e. The molecule has 4 heterocycles. The third-order valence-corrected chi connectivity index (χ3v) is 8.54. The van der Waals surface area contributed by atoms with E-state index < -0.39 is 0 Å². The number of para-hydroxylation sites is 1. The molecule has 4 heteroatoms. The van der Waals surface area contributed by atoms with Crippen molar-refractivity contribution in [3.8, 4) is 0 Å². The Morgan fingerprint density at radius 1 is 0.739 bits per heavy atom. The first-order valence-electron chi connectivity index (χ1n) is 7.54. The van der Waals surface area contributed by atoms with Crippen LogP contribution in [0.4, 0.5) is 0 Å². The molecule has 23 heavy (non-hydrogen) atoms. The first kappa shape index (κ1) is 12.5. The van der Waals surface area contributed by atoms with Crippen LogP contribution in [0, 0.1) is 6.92 Å². The van der Waals surface area contributed by atoms with E-state index in [1.807, 2.05) is 34.0 Å². The van der Waals surface area contributed by atoms with Gasteiger partial charge in [-0.05, 0) is 24.6 Å². The fourth-order valence-corrected chi connectivity index (χ4v) is 7.85. The third-order valence-electron chi connectivity index (χ3n) is 4.51. The van der Waals surface area contributed by atoms with Crippen LogP contribution in [0.15, 0.2) is 42.5 Å². The molecule has 1 N–H and O–H groups in total. The maximum atomic E-state index is 3.63. The Hall–Kier alpha value is -1.88. The Balaban J connectivity index is 1.84. The number of rotatable bonds is 0. The molecule has 0 atom stereocenters. The number of hydrogen-bond acceptors (Lipinski definition) is 3. The molecule has 0 aliphatic heterocycles. The number of hydrogen-bond donors (Lipinski definition) is 1. The van der Waals surface area contributed by atoms with Gasteiger partial charge in [0.1, 0.15) is 0 Å². The summed E-state index contributed by atoms with van der Waals surface area (Å²) in [6.45, 7) is 2.17. The summed E-state index contributed by atoms with van der Waals surface area (Å²) in [5.74, 6) is 0. The van der Waals surface area contributed by atoms with Crippen LogP contribution in [0.25, 0.3) is 50.0 Å². The molecule has 1 nitrogen and oxygen atoms in total. The minimum absolute atomic E-state index is 1.24. The first-order chi connectivity index (χ1) is 11.3. The van der Waals surface area contributed by atoms with E-state index in [9.17, 15) is 0 Å². The van der Waals surface area contributed by atoms with Crippen LogP contribution in [-0.2, 0) is 0 Å². The molecule has 0 amide bonds. The molecule has 0 fully saturated rings. The molecule has 0 aliphatic rings. The summed E-state index contributed by atoms with van der Waals surface area (Å²) in [5.41, 5.74) is 3.90. The van der Waals surface area contributed by atoms with Gasteiger partial charge in [0.2, 0.25) is 0 Å². The molecule has 0 aliphatic carbocycles. The average Bonchev–Trinajstić information content (AvgIpc) is 3.24. The lowest BCUT2D eigenvalue weighted by Crippen LogP contribution is -1.67. The van der Waals surface area contributed by atoms with Gasteiger partial charge >= 0.3 is 0 Å². The van der Waals surface area contributed by atoms with Crippen molar-refractivity contribution in [3.05, 3.63) is 48.0 Å². The van der Waals surface area contributed by atoms with Crippen molar-refractivity contribution >= 4 is 84.0 Å². The zero-order valence-corrected chi connectivity index (χ0v) is 14.7. The van der Waals surface area contributed by atoms with E-state index in [1.54, 1.807) is 0 Å². The lowest BCUT2D eigenvalue weighted by Gasteiger charge is -1.91. The van der Waals surface area contributed by atoms with E-state index in [0.717, 1.165) is 0 Å². The monoisotopic (exact) mass is 349 g/mol. The normalized spacial score (nSPS) is 12.6. The van der Waals surface area contributed by atoms with Gasteiger partial charge in [-0.1, -0.05) is 30.3 Å². The summed E-state index contributed by atoms with van der Waals surface area (Å²) >= 11 is 5.83. The van der Waals surface area contributed by atoms with Gasteiger partial charge < -0.3 is 4.98 Å². The summed E-state index contributed by atoms with van der Waals surface area (Å²) < 4.78 is 8.60. The van der Waals surface area contributed by atoms with E-state index in [1.165, 1.54) is 55.6 Å². The Morgan fingerprint density at radius 3 is 2.52 bits per heavy atom. The topological polar surface area (TPSA) is 15.8 Å². The van der Waals surface area contributed by atoms with Crippen molar-refractivity contribution in [2.75, 3.05) is 0 Å². The number of fused-ring (bicyclic) bond motifs is 9. The highest BCUT2D eigenvalue weighted by Crippen LogP contribution is 2.50. The molecule has 0 saturated heterocycles. The zero-order chi connectivity index (χ0) is 15.1. The Labute approximate surface area is 143 Å². The van der Waals surface area contributed by atoms with E-state index in [2.05, 4.69) is 54.4 Å². The van der Waals surface area contributed by atoms with Gasteiger partial charge in [-0.3, -0.25) is 0 Å². The zero-order valence-electron chi connectivity index (χ0n) is 12.3. The molecule has 0 saturated carbocycles. The fourth-order valence-electron chi connectivity index (χ4n) is 3.42. The second-order valence-corrected chi connectivity index (χ2v) is 9.09. The molecule has 110 valence electrons. The molecule has 0 spiro atoms. The Morgan fingerprint density at radius 2 is 1.57 bits per heavy atom. The largest absolute Gasteiger partial charge is 0.353 e. The Kier molecular flexibility index (Phi) is 2.26. The summed E-state index contributed by atoms with van der Waals surface area (Å²) in [6, 6.07) is 15.4. The molecule has 0 radical (unpaired) electrons. The van der Waals surface area contributed by atoms with Crippen molar-refractivity contribution in [2.45, 2.75) is 6.92 Å². The van der Waals surface area contributed by atoms with Gasteiger partial charge in [-0.2, -0.15) is 0 Å². The van der Waals surface area contributed by atoms with Crippen molar-refractivity contribution in [1.29, 1.82) is 0 Å². The summed E-state index contributed by atoms with van der Waals surface area (Å²) in [4.78, 5) is 3.63.